The molecule has 1 saturated carbocycles. The molecule has 3 rings (SSSR count). The molecule has 1 fully saturated rings. The van der Waals surface area contributed by atoms with Crippen molar-refractivity contribution < 1.29 is 14.2 Å². The van der Waals surface area contributed by atoms with Gasteiger partial charge in [-0.2, -0.15) is 0 Å². The fourth-order valence-corrected chi connectivity index (χ4v) is 2.80. The first kappa shape index (κ1) is 13.7. The van der Waals surface area contributed by atoms with Gasteiger partial charge in [0.15, 0.2) is 11.5 Å². The van der Waals surface area contributed by atoms with Gasteiger partial charge in [-0.25, -0.2) is 0 Å². The van der Waals surface area contributed by atoms with Crippen molar-refractivity contribution in [2.45, 2.75) is 44.8 Å². The van der Waals surface area contributed by atoms with Crippen molar-refractivity contribution in [2.75, 3.05) is 19.9 Å². The summed E-state index contributed by atoms with van der Waals surface area (Å²) in [7, 11) is 0. The Balaban J connectivity index is 1.55. The summed E-state index contributed by atoms with van der Waals surface area (Å²) in [5.41, 5.74) is 1.25. The topological polar surface area (TPSA) is 39.7 Å². The van der Waals surface area contributed by atoms with Gasteiger partial charge in [0.25, 0.3) is 0 Å². The molecule has 0 aromatic heterocycles. The average molecular weight is 277 g/mol. The standard InChI is InChI=1S/C16H23NO3/c1-2-17-9-8-16(6-3-7-16)20-11-13-4-5-14-15(10-13)19-12-18-14/h4-5,10,17H,2-3,6-9,11-12H2,1H3. The Morgan fingerprint density at radius 2 is 2.10 bits per heavy atom. The Kier molecular flexibility index (Phi) is 4.13. The minimum absolute atomic E-state index is 0.0958. The zero-order valence-corrected chi connectivity index (χ0v) is 12.1. The summed E-state index contributed by atoms with van der Waals surface area (Å²) < 4.78 is 16.9. The number of hydrogen-bond acceptors (Lipinski definition) is 4. The highest BCUT2D eigenvalue weighted by molar-refractivity contribution is 5.44. The van der Waals surface area contributed by atoms with Crippen LogP contribution in [0.2, 0.25) is 0 Å². The quantitative estimate of drug-likeness (QED) is 0.778. The number of nitrogens with one attached hydrogen (secondary N) is 1. The molecule has 0 unspecified atom stereocenters. The molecular formula is C16H23NO3. The lowest BCUT2D eigenvalue weighted by Crippen LogP contribution is -2.42. The molecule has 2 aliphatic rings. The number of hydrogen-bond donors (Lipinski definition) is 1. The van der Waals surface area contributed by atoms with E-state index in [1.54, 1.807) is 0 Å². The van der Waals surface area contributed by atoms with E-state index in [4.69, 9.17) is 14.2 Å². The van der Waals surface area contributed by atoms with Crippen LogP contribution in [0.15, 0.2) is 18.2 Å². The van der Waals surface area contributed by atoms with Crippen molar-refractivity contribution in [1.29, 1.82) is 0 Å². The molecular weight excluding hydrogens is 254 g/mol. The molecule has 1 aliphatic heterocycles. The second kappa shape index (κ2) is 6.02. The van der Waals surface area contributed by atoms with Crippen LogP contribution < -0.4 is 14.8 Å². The summed E-state index contributed by atoms with van der Waals surface area (Å²) in [6.07, 6.45) is 4.75. The number of benzene rings is 1. The molecule has 0 bridgehead atoms. The van der Waals surface area contributed by atoms with Crippen LogP contribution in [0, 0.1) is 0 Å². The minimum atomic E-state index is 0.0958. The number of rotatable bonds is 7. The van der Waals surface area contributed by atoms with Crippen molar-refractivity contribution in [3.63, 3.8) is 0 Å². The first-order valence-electron chi connectivity index (χ1n) is 7.54. The maximum Gasteiger partial charge on any atom is 0.231 e. The van der Waals surface area contributed by atoms with Crippen LogP contribution in [0.4, 0.5) is 0 Å². The lowest BCUT2D eigenvalue weighted by molar-refractivity contribution is -0.113. The van der Waals surface area contributed by atoms with Crippen LogP contribution in [0.25, 0.3) is 0 Å². The summed E-state index contributed by atoms with van der Waals surface area (Å²) in [5, 5.41) is 3.39. The summed E-state index contributed by atoms with van der Waals surface area (Å²) in [6, 6.07) is 6.05. The van der Waals surface area contributed by atoms with E-state index >= 15 is 0 Å². The first-order valence-corrected chi connectivity index (χ1v) is 7.54. The van der Waals surface area contributed by atoms with Gasteiger partial charge in [0.1, 0.15) is 0 Å². The maximum atomic E-state index is 6.22. The third kappa shape index (κ3) is 2.91. The van der Waals surface area contributed by atoms with E-state index < -0.39 is 0 Å². The predicted octanol–water partition coefficient (Wildman–Crippen LogP) is 2.85. The van der Waals surface area contributed by atoms with Gasteiger partial charge in [0.2, 0.25) is 6.79 Å². The van der Waals surface area contributed by atoms with Gasteiger partial charge in [-0.05, 0) is 56.5 Å². The molecule has 4 heteroatoms. The Labute approximate surface area is 120 Å². The Hall–Kier alpha value is -1.26. The molecule has 110 valence electrons. The van der Waals surface area contributed by atoms with Crippen molar-refractivity contribution in [1.82, 2.24) is 5.32 Å². The molecule has 1 heterocycles. The zero-order valence-electron chi connectivity index (χ0n) is 12.1. The smallest absolute Gasteiger partial charge is 0.231 e. The normalized spacial score (nSPS) is 18.9. The molecule has 0 radical (unpaired) electrons. The van der Waals surface area contributed by atoms with Crippen LogP contribution in [-0.4, -0.2) is 25.5 Å². The molecule has 0 atom stereocenters. The fraction of sp³-hybridized carbons (Fsp3) is 0.625. The molecule has 20 heavy (non-hydrogen) atoms. The van der Waals surface area contributed by atoms with Crippen LogP contribution in [0.5, 0.6) is 11.5 Å². The van der Waals surface area contributed by atoms with Crippen molar-refractivity contribution >= 4 is 0 Å². The van der Waals surface area contributed by atoms with Gasteiger partial charge in [0, 0.05) is 0 Å². The van der Waals surface area contributed by atoms with Gasteiger partial charge in [-0.15, -0.1) is 0 Å². The van der Waals surface area contributed by atoms with Crippen LogP contribution in [0.3, 0.4) is 0 Å². The third-order valence-electron chi connectivity index (χ3n) is 4.25. The van der Waals surface area contributed by atoms with Crippen molar-refractivity contribution in [3.8, 4) is 11.5 Å². The van der Waals surface area contributed by atoms with E-state index in [1.165, 1.54) is 19.3 Å². The van der Waals surface area contributed by atoms with E-state index in [9.17, 15) is 0 Å². The molecule has 1 aromatic rings. The van der Waals surface area contributed by atoms with Gasteiger partial charge in [-0.1, -0.05) is 13.0 Å². The predicted molar refractivity (Wildman–Crippen MR) is 77.1 cm³/mol. The maximum absolute atomic E-state index is 6.22. The van der Waals surface area contributed by atoms with Crippen LogP contribution >= 0.6 is 0 Å². The van der Waals surface area contributed by atoms with Crippen molar-refractivity contribution in [2.24, 2.45) is 0 Å². The van der Waals surface area contributed by atoms with Gasteiger partial charge in [0.05, 0.1) is 12.2 Å². The molecule has 0 spiro atoms. The highest BCUT2D eigenvalue weighted by atomic mass is 16.7. The van der Waals surface area contributed by atoms with E-state index in [0.29, 0.717) is 13.4 Å². The van der Waals surface area contributed by atoms with Gasteiger partial charge >= 0.3 is 0 Å². The average Bonchev–Trinajstić information content (AvgIpc) is 2.88. The Morgan fingerprint density at radius 1 is 1.25 bits per heavy atom. The van der Waals surface area contributed by atoms with E-state index in [2.05, 4.69) is 18.3 Å². The molecule has 1 aromatic carbocycles. The number of fused-ring (bicyclic) bond motifs is 1. The monoisotopic (exact) mass is 277 g/mol. The van der Waals surface area contributed by atoms with Gasteiger partial charge in [-0.3, -0.25) is 0 Å². The zero-order chi connectivity index (χ0) is 13.8. The summed E-state index contributed by atoms with van der Waals surface area (Å²) in [5.74, 6) is 1.67. The van der Waals surface area contributed by atoms with Gasteiger partial charge < -0.3 is 19.5 Å². The Bertz CT molecular complexity index is 457. The minimum Gasteiger partial charge on any atom is -0.454 e. The van der Waals surface area contributed by atoms with E-state index in [-0.39, 0.29) is 5.60 Å². The molecule has 1 aliphatic carbocycles. The van der Waals surface area contributed by atoms with Crippen molar-refractivity contribution in [3.05, 3.63) is 23.8 Å². The third-order valence-corrected chi connectivity index (χ3v) is 4.25. The fourth-order valence-electron chi connectivity index (χ4n) is 2.80. The lowest BCUT2D eigenvalue weighted by atomic mass is 9.77. The molecule has 1 N–H and O–H groups in total. The summed E-state index contributed by atoms with van der Waals surface area (Å²) in [4.78, 5) is 0. The molecule has 0 saturated heterocycles. The molecule has 4 nitrogen and oxygen atoms in total. The number of ether oxygens (including phenoxy) is 3. The summed E-state index contributed by atoms with van der Waals surface area (Å²) in [6.45, 7) is 5.19. The second-order valence-electron chi connectivity index (χ2n) is 5.62. The van der Waals surface area contributed by atoms with E-state index in [0.717, 1.165) is 36.6 Å². The lowest BCUT2D eigenvalue weighted by Gasteiger charge is -2.42. The first-order chi connectivity index (χ1) is 9.81. The second-order valence-corrected chi connectivity index (χ2v) is 5.62. The Morgan fingerprint density at radius 3 is 2.85 bits per heavy atom. The molecule has 0 amide bonds. The van der Waals surface area contributed by atoms with E-state index in [1.807, 2.05) is 12.1 Å². The summed E-state index contributed by atoms with van der Waals surface area (Å²) >= 11 is 0. The van der Waals surface area contributed by atoms with Crippen LogP contribution in [0.1, 0.15) is 38.2 Å². The van der Waals surface area contributed by atoms with Crippen LogP contribution in [-0.2, 0) is 11.3 Å². The largest absolute Gasteiger partial charge is 0.454 e. The highest BCUT2D eigenvalue weighted by Crippen LogP contribution is 2.40. The highest BCUT2D eigenvalue weighted by Gasteiger charge is 2.37. The SMILES string of the molecule is CCNCCC1(OCc2ccc3c(c2)OCO3)CCC1.